The van der Waals surface area contributed by atoms with Crippen LogP contribution in [0.4, 0.5) is 4.39 Å². The van der Waals surface area contributed by atoms with E-state index in [0.717, 1.165) is 25.9 Å². The maximum Gasteiger partial charge on any atom is 0.137 e. The highest BCUT2D eigenvalue weighted by Gasteiger charge is 2.26. The summed E-state index contributed by atoms with van der Waals surface area (Å²) >= 11 is 0. The first-order chi connectivity index (χ1) is 10.7. The average molecular weight is 304 g/mol. The molecule has 0 bridgehead atoms. The molecule has 118 valence electrons. The molecule has 2 aromatic rings. The van der Waals surface area contributed by atoms with Gasteiger partial charge in [0.1, 0.15) is 18.5 Å². The molecule has 1 N–H and O–H groups in total. The van der Waals surface area contributed by atoms with E-state index in [1.807, 2.05) is 4.68 Å². The molecule has 22 heavy (non-hydrogen) atoms. The Labute approximate surface area is 129 Å². The average Bonchev–Trinajstić information content (AvgIpc) is 3.02. The van der Waals surface area contributed by atoms with Crippen LogP contribution in [0, 0.1) is 5.82 Å². The van der Waals surface area contributed by atoms with Gasteiger partial charge in [-0.15, -0.1) is 0 Å². The molecule has 5 nitrogen and oxygen atoms in total. The van der Waals surface area contributed by atoms with Gasteiger partial charge in [0.15, 0.2) is 0 Å². The van der Waals surface area contributed by atoms with E-state index in [9.17, 15) is 9.50 Å². The topological polar surface area (TPSA) is 54.2 Å². The summed E-state index contributed by atoms with van der Waals surface area (Å²) in [5.41, 5.74) is 0.368. The van der Waals surface area contributed by atoms with Gasteiger partial charge in [0.2, 0.25) is 0 Å². The van der Waals surface area contributed by atoms with E-state index in [1.54, 1.807) is 24.5 Å². The highest BCUT2D eigenvalue weighted by molar-refractivity contribution is 5.20. The monoisotopic (exact) mass is 304 g/mol. The SMILES string of the molecule is O[C@@H](CN1CCCC[C@@H]1Cn1cncn1)c1ccccc1F. The fraction of sp³-hybridized carbons (Fsp3) is 0.500. The van der Waals surface area contributed by atoms with Gasteiger partial charge in [0.25, 0.3) is 0 Å². The Balaban J connectivity index is 1.67. The predicted molar refractivity (Wildman–Crippen MR) is 80.6 cm³/mol. The van der Waals surface area contributed by atoms with Crippen LogP contribution in [-0.4, -0.2) is 43.9 Å². The van der Waals surface area contributed by atoms with Crippen molar-refractivity contribution in [2.75, 3.05) is 13.1 Å². The van der Waals surface area contributed by atoms with Gasteiger partial charge in [0, 0.05) is 18.2 Å². The van der Waals surface area contributed by atoms with Crippen LogP contribution in [0.5, 0.6) is 0 Å². The number of β-amino-alcohol motifs (C(OH)–C–C–N with tert-alkyl or cyclic N) is 1. The molecule has 0 saturated carbocycles. The predicted octanol–water partition coefficient (Wildman–Crippen LogP) is 2.01. The quantitative estimate of drug-likeness (QED) is 0.918. The third-order valence-electron chi connectivity index (χ3n) is 4.29. The van der Waals surface area contributed by atoms with E-state index in [4.69, 9.17) is 0 Å². The van der Waals surface area contributed by atoms with Crippen LogP contribution in [0.3, 0.4) is 0 Å². The second-order valence-electron chi connectivity index (χ2n) is 5.80. The van der Waals surface area contributed by atoms with Crippen molar-refractivity contribution in [2.45, 2.75) is 38.0 Å². The number of likely N-dealkylation sites (tertiary alicyclic amines) is 1. The van der Waals surface area contributed by atoms with Crippen molar-refractivity contribution in [1.82, 2.24) is 19.7 Å². The minimum Gasteiger partial charge on any atom is -0.387 e. The molecule has 1 aliphatic heterocycles. The molecule has 1 aromatic heterocycles. The fourth-order valence-corrected chi connectivity index (χ4v) is 3.12. The summed E-state index contributed by atoms with van der Waals surface area (Å²) in [4.78, 5) is 6.21. The van der Waals surface area contributed by atoms with Crippen LogP contribution in [0.15, 0.2) is 36.9 Å². The minimum absolute atomic E-state index is 0.303. The summed E-state index contributed by atoms with van der Waals surface area (Å²) in [6.07, 6.45) is 5.77. The first kappa shape index (κ1) is 15.1. The van der Waals surface area contributed by atoms with E-state index in [1.165, 1.54) is 18.8 Å². The zero-order chi connectivity index (χ0) is 15.4. The summed E-state index contributed by atoms with van der Waals surface area (Å²) in [7, 11) is 0. The normalized spacial score (nSPS) is 20.9. The Kier molecular flexibility index (Phi) is 4.80. The number of aromatic nitrogens is 3. The van der Waals surface area contributed by atoms with Gasteiger partial charge >= 0.3 is 0 Å². The second kappa shape index (κ2) is 6.98. The molecular formula is C16H21FN4O. The Morgan fingerprint density at radius 2 is 2.18 bits per heavy atom. The lowest BCUT2D eigenvalue weighted by atomic mass is 10.00. The van der Waals surface area contributed by atoms with Crippen molar-refractivity contribution in [2.24, 2.45) is 0 Å². The molecule has 0 spiro atoms. The first-order valence-corrected chi connectivity index (χ1v) is 7.73. The summed E-state index contributed by atoms with van der Waals surface area (Å²) in [5.74, 6) is -0.347. The number of benzene rings is 1. The Hall–Kier alpha value is -1.79. The molecule has 0 radical (unpaired) electrons. The van der Waals surface area contributed by atoms with Gasteiger partial charge in [-0.3, -0.25) is 9.58 Å². The number of hydrogen-bond acceptors (Lipinski definition) is 4. The molecule has 1 saturated heterocycles. The highest BCUT2D eigenvalue weighted by Crippen LogP contribution is 2.23. The van der Waals surface area contributed by atoms with E-state index < -0.39 is 6.10 Å². The molecule has 1 fully saturated rings. The number of halogens is 1. The molecule has 1 aromatic carbocycles. The van der Waals surface area contributed by atoms with Crippen molar-refractivity contribution >= 4 is 0 Å². The van der Waals surface area contributed by atoms with Crippen LogP contribution in [-0.2, 0) is 6.54 Å². The van der Waals surface area contributed by atoms with E-state index in [-0.39, 0.29) is 5.82 Å². The number of aliphatic hydroxyl groups is 1. The first-order valence-electron chi connectivity index (χ1n) is 7.73. The Morgan fingerprint density at radius 1 is 1.32 bits per heavy atom. The zero-order valence-electron chi connectivity index (χ0n) is 12.5. The van der Waals surface area contributed by atoms with Crippen LogP contribution in [0.25, 0.3) is 0 Å². The second-order valence-corrected chi connectivity index (χ2v) is 5.80. The van der Waals surface area contributed by atoms with E-state index in [2.05, 4.69) is 15.0 Å². The number of hydrogen-bond donors (Lipinski definition) is 1. The summed E-state index contributed by atoms with van der Waals surface area (Å²) in [6.45, 7) is 2.12. The van der Waals surface area contributed by atoms with Crippen molar-refractivity contribution in [3.63, 3.8) is 0 Å². The van der Waals surface area contributed by atoms with Crippen LogP contribution >= 0.6 is 0 Å². The van der Waals surface area contributed by atoms with Crippen LogP contribution < -0.4 is 0 Å². The molecule has 6 heteroatoms. The van der Waals surface area contributed by atoms with E-state index in [0.29, 0.717) is 18.2 Å². The largest absolute Gasteiger partial charge is 0.387 e. The molecule has 2 heterocycles. The summed E-state index contributed by atoms with van der Waals surface area (Å²) in [6, 6.07) is 6.74. The third kappa shape index (κ3) is 3.51. The van der Waals surface area contributed by atoms with E-state index >= 15 is 0 Å². The van der Waals surface area contributed by atoms with Gasteiger partial charge in [-0.05, 0) is 25.5 Å². The van der Waals surface area contributed by atoms with Crippen molar-refractivity contribution < 1.29 is 9.50 Å². The summed E-state index contributed by atoms with van der Waals surface area (Å²) in [5, 5.41) is 14.5. The molecule has 1 aliphatic rings. The van der Waals surface area contributed by atoms with Crippen molar-refractivity contribution in [1.29, 1.82) is 0 Å². The number of aliphatic hydroxyl groups excluding tert-OH is 1. The molecule has 0 unspecified atom stereocenters. The Morgan fingerprint density at radius 3 is 2.95 bits per heavy atom. The van der Waals surface area contributed by atoms with Crippen molar-refractivity contribution in [3.8, 4) is 0 Å². The zero-order valence-corrected chi connectivity index (χ0v) is 12.5. The van der Waals surface area contributed by atoms with Crippen LogP contribution in [0.2, 0.25) is 0 Å². The molecule has 0 aliphatic carbocycles. The highest BCUT2D eigenvalue weighted by atomic mass is 19.1. The number of piperidine rings is 1. The maximum absolute atomic E-state index is 13.8. The maximum atomic E-state index is 13.8. The minimum atomic E-state index is -0.808. The van der Waals surface area contributed by atoms with Gasteiger partial charge < -0.3 is 5.11 Å². The van der Waals surface area contributed by atoms with Gasteiger partial charge in [-0.1, -0.05) is 24.6 Å². The smallest absolute Gasteiger partial charge is 0.137 e. The van der Waals surface area contributed by atoms with Crippen molar-refractivity contribution in [3.05, 3.63) is 48.3 Å². The molecule has 2 atom stereocenters. The number of nitrogens with zero attached hydrogens (tertiary/aromatic N) is 4. The lowest BCUT2D eigenvalue weighted by Gasteiger charge is -2.36. The van der Waals surface area contributed by atoms with Gasteiger partial charge in [-0.25, -0.2) is 9.37 Å². The van der Waals surface area contributed by atoms with Crippen LogP contribution in [0.1, 0.15) is 30.9 Å². The summed E-state index contributed by atoms with van der Waals surface area (Å²) < 4.78 is 15.6. The Bertz CT molecular complexity index is 590. The lowest BCUT2D eigenvalue weighted by molar-refractivity contribution is 0.0574. The van der Waals surface area contributed by atoms with Gasteiger partial charge in [-0.2, -0.15) is 5.10 Å². The molecular weight excluding hydrogens is 283 g/mol. The van der Waals surface area contributed by atoms with Gasteiger partial charge in [0.05, 0.1) is 12.6 Å². The standard InChI is InChI=1S/C16H21FN4O/c17-15-7-2-1-6-14(15)16(22)10-20-8-4-3-5-13(20)9-21-12-18-11-19-21/h1-2,6-7,11-13,16,22H,3-5,8-10H2/t13-,16+/m1/s1. The lowest BCUT2D eigenvalue weighted by Crippen LogP contribution is -2.44. The fourth-order valence-electron chi connectivity index (χ4n) is 3.12. The molecule has 0 amide bonds. The third-order valence-corrected chi connectivity index (χ3v) is 4.29. The number of rotatable bonds is 5. The molecule has 3 rings (SSSR count).